The second-order valence-corrected chi connectivity index (χ2v) is 30.3. The van der Waals surface area contributed by atoms with E-state index in [1.54, 1.807) is 88.5 Å². The van der Waals surface area contributed by atoms with Crippen LogP contribution in [0, 0.1) is 28.1 Å². The maximum atomic E-state index is 13.6. The number of nitrogens with two attached hydrogens (primary N) is 1. The molecule has 6 rings (SSSR count). The minimum Gasteiger partial charge on any atom is -0.497 e. The molecule has 1 aliphatic rings. The number of hydrogen-bond donors (Lipinski definition) is 24. The molecule has 5 aromatic rings. The van der Waals surface area contributed by atoms with Crippen molar-refractivity contribution in [1.82, 2.24) is 20.3 Å². The van der Waals surface area contributed by atoms with E-state index in [9.17, 15) is 96.4 Å². The number of fused-ring (bicyclic) bond motifs is 1. The molecule has 0 saturated carbocycles. The number of nitrogens with zero attached hydrogens (tertiary/aromatic N) is 14. The molecule has 0 spiro atoms. The van der Waals surface area contributed by atoms with E-state index in [1.165, 1.54) is 50.6 Å². The highest BCUT2D eigenvalue weighted by Crippen LogP contribution is 2.29. The van der Waals surface area contributed by atoms with E-state index < -0.39 is 235 Å². The SMILES string of the molecule is CC[C@H](C)[C@H](N=C(C)O)C(O)=N[C@H]1CSSC[C@@H](C(O)=N[C@H](C(=N)O)[C@@H](C)O)N=C(O)[C@H](CCCNC(=N)N)N=C(O)[C@@H](Cc2cnc[nH]2)N=C(O)[C@H](C)N=C(O)CN=C(O)[C@H](Cc2c[nH]c3ccccc23)N=C(O)[C@@H](CC(=O)O)N=C(O)[C@H](CCC(=N)O)N=C(O)[C@H](Cc2ccc(C(=O)c3ccccc3)cc2)N=C(O)[C@H](C(C)C)N=C1O. The van der Waals surface area contributed by atoms with Gasteiger partial charge in [0.15, 0.2) is 29.6 Å². The van der Waals surface area contributed by atoms with Gasteiger partial charge in [0.25, 0.3) is 0 Å². The number of aromatic nitrogens is 3. The predicted octanol–water partition coefficient (Wildman–Crippen LogP) is 9.11. The smallest absolute Gasteiger partial charge is 0.306 e. The normalized spacial score (nSPS) is 22.7. The molecule has 40 nitrogen and oxygen atoms in total. The fourth-order valence-electron chi connectivity index (χ4n) is 11.5. The summed E-state index contributed by atoms with van der Waals surface area (Å²) in [7, 11) is 1.72. The second kappa shape index (κ2) is 46.3. The molecule has 42 heteroatoms. The Morgan fingerprint density at radius 3 is 1.81 bits per heavy atom. The fraction of sp³-hybridized carbons (Fsp3) is 0.461. The number of aliphatic hydroxyl groups is 16. The van der Waals surface area contributed by atoms with Crippen molar-refractivity contribution in [1.29, 1.82) is 16.2 Å². The van der Waals surface area contributed by atoms with Gasteiger partial charge in [-0.05, 0) is 62.1 Å². The van der Waals surface area contributed by atoms with Crippen molar-refractivity contribution in [3.8, 4) is 0 Å². The number of aliphatic carboxylic acids is 1. The Morgan fingerprint density at radius 1 is 0.627 bits per heavy atom. The molecule has 3 heterocycles. The lowest BCUT2D eigenvalue weighted by atomic mass is 9.99. The van der Waals surface area contributed by atoms with Crippen LogP contribution in [0.1, 0.15) is 120 Å². The number of imidazole rings is 1. The minimum atomic E-state index is -2.06. The topological polar surface area (TPSA) is 693 Å². The number of benzene rings is 3. The Hall–Kier alpha value is -12.5. The molecule has 0 radical (unpaired) electrons. The number of aliphatic hydroxyl groups excluding tert-OH is 16. The maximum Gasteiger partial charge on any atom is 0.306 e. The van der Waals surface area contributed by atoms with Crippen LogP contribution in [0.25, 0.3) is 10.9 Å². The largest absolute Gasteiger partial charge is 0.497 e. The van der Waals surface area contributed by atoms with Crippen molar-refractivity contribution in [2.24, 2.45) is 82.5 Å². The number of H-pyrrole nitrogens is 2. The molecule has 0 fully saturated rings. The number of aromatic amines is 2. The van der Waals surface area contributed by atoms with E-state index in [0.717, 1.165) is 28.5 Å². The number of carboxylic acid groups (broad SMARTS) is 1. The van der Waals surface area contributed by atoms with Crippen molar-refractivity contribution >= 4 is 139 Å². The van der Waals surface area contributed by atoms with Crippen LogP contribution in [0.15, 0.2) is 162 Å². The molecule has 638 valence electrons. The van der Waals surface area contributed by atoms with Gasteiger partial charge in [-0.3, -0.25) is 25.8 Å². The minimum absolute atomic E-state index is 0.0159. The molecule has 0 amide bonds. The van der Waals surface area contributed by atoms with Crippen molar-refractivity contribution in [2.45, 2.75) is 185 Å². The Morgan fingerprint density at radius 2 is 1.20 bits per heavy atom. The summed E-state index contributed by atoms with van der Waals surface area (Å²) in [5, 5.41) is 222. The summed E-state index contributed by atoms with van der Waals surface area (Å²) in [5.74, 6) is -18.4. The first kappa shape index (κ1) is 94.4. The second-order valence-electron chi connectivity index (χ2n) is 27.7. The average Bonchev–Trinajstić information content (AvgIpc) is 1.63. The van der Waals surface area contributed by atoms with Crippen LogP contribution in [0.4, 0.5) is 0 Å². The summed E-state index contributed by atoms with van der Waals surface area (Å²) in [6.45, 7) is 9.36. The summed E-state index contributed by atoms with van der Waals surface area (Å²) < 4.78 is 0. The molecule has 0 bridgehead atoms. The number of carbonyl (C=O) groups excluding carboxylic acids is 1. The highest BCUT2D eigenvalue weighted by atomic mass is 33.1. The van der Waals surface area contributed by atoms with E-state index in [0.29, 0.717) is 39.7 Å². The van der Waals surface area contributed by atoms with Gasteiger partial charge in [0.2, 0.25) is 76.7 Å². The lowest BCUT2D eigenvalue weighted by Crippen LogP contribution is -2.35. The molecule has 25 N–H and O–H groups in total. The summed E-state index contributed by atoms with van der Waals surface area (Å²) >= 11 is 0. The summed E-state index contributed by atoms with van der Waals surface area (Å²) in [6.07, 6.45) is -0.543. The van der Waals surface area contributed by atoms with Crippen LogP contribution < -0.4 is 11.1 Å². The van der Waals surface area contributed by atoms with E-state index in [4.69, 9.17) is 22.0 Å². The first-order valence-corrected chi connectivity index (χ1v) is 39.8. The number of guanidine groups is 1. The van der Waals surface area contributed by atoms with Gasteiger partial charge in [0.05, 0.1) is 18.9 Å². The first-order valence-electron chi connectivity index (χ1n) is 37.3. The first-order chi connectivity index (χ1) is 55.9. The molecule has 2 aromatic heterocycles. The lowest BCUT2D eigenvalue weighted by molar-refractivity contribution is -0.137. The van der Waals surface area contributed by atoms with Gasteiger partial charge in [0, 0.05) is 90.8 Å². The fourth-order valence-corrected chi connectivity index (χ4v) is 13.7. The molecular weight excluding hydrogens is 1580 g/mol. The zero-order chi connectivity index (χ0) is 87.0. The molecule has 0 saturated heterocycles. The zero-order valence-electron chi connectivity index (χ0n) is 65.7. The van der Waals surface area contributed by atoms with Crippen molar-refractivity contribution in [3.63, 3.8) is 0 Å². The highest BCUT2D eigenvalue weighted by Gasteiger charge is 2.34. The van der Waals surface area contributed by atoms with Crippen LogP contribution in [-0.2, 0) is 24.1 Å². The number of para-hydroxylation sites is 1. The van der Waals surface area contributed by atoms with Gasteiger partial charge in [-0.1, -0.05) is 128 Å². The van der Waals surface area contributed by atoms with E-state index in [2.05, 4.69) is 85.2 Å². The quantitative estimate of drug-likeness (QED) is 0.00765. The summed E-state index contributed by atoms with van der Waals surface area (Å²) in [5.41, 5.74) is 7.88. The van der Waals surface area contributed by atoms with Gasteiger partial charge in [-0.2, -0.15) is 0 Å². The van der Waals surface area contributed by atoms with Crippen LogP contribution in [0.2, 0.25) is 0 Å². The number of carboxylic acids is 1. The third-order valence-electron chi connectivity index (χ3n) is 18.0. The highest BCUT2D eigenvalue weighted by molar-refractivity contribution is 8.76. The Kier molecular flexibility index (Phi) is 37.0. The molecule has 1 aliphatic heterocycles. The number of hydrogen-bond acceptors (Lipinski definition) is 22. The van der Waals surface area contributed by atoms with Gasteiger partial charge in [0.1, 0.15) is 73.0 Å². The van der Waals surface area contributed by atoms with Crippen molar-refractivity contribution in [3.05, 3.63) is 126 Å². The molecule has 3 aromatic carbocycles. The molecule has 118 heavy (non-hydrogen) atoms. The van der Waals surface area contributed by atoms with Crippen LogP contribution >= 0.6 is 21.6 Å². The van der Waals surface area contributed by atoms with Crippen LogP contribution in [0.3, 0.4) is 0 Å². The van der Waals surface area contributed by atoms with Gasteiger partial charge < -0.3 is 108 Å². The van der Waals surface area contributed by atoms with Crippen molar-refractivity contribution in [2.75, 3.05) is 24.6 Å². The summed E-state index contributed by atoms with van der Waals surface area (Å²) in [4.78, 5) is 91.7. The van der Waals surface area contributed by atoms with Crippen molar-refractivity contribution < 1.29 is 96.4 Å². The zero-order valence-corrected chi connectivity index (χ0v) is 67.3. The van der Waals surface area contributed by atoms with Crippen LogP contribution in [0.5, 0.6) is 0 Å². The third-order valence-corrected chi connectivity index (χ3v) is 20.4. The predicted molar refractivity (Wildman–Crippen MR) is 459 cm³/mol. The van der Waals surface area contributed by atoms with Gasteiger partial charge in [-0.25, -0.2) is 69.9 Å². The Labute approximate surface area is 685 Å². The van der Waals surface area contributed by atoms with E-state index in [1.807, 2.05) is 0 Å². The molecule has 0 unspecified atom stereocenters. The van der Waals surface area contributed by atoms with Crippen LogP contribution in [-0.4, -0.2) is 311 Å². The van der Waals surface area contributed by atoms with E-state index >= 15 is 0 Å². The lowest BCUT2D eigenvalue weighted by Gasteiger charge is -2.22. The Bertz CT molecular complexity index is 4640. The summed E-state index contributed by atoms with van der Waals surface area (Å²) in [6, 6.07) is 1.19. The number of ketones is 1. The molecule has 0 aliphatic carbocycles. The monoisotopic (exact) mass is 1680 g/mol. The van der Waals surface area contributed by atoms with Gasteiger partial charge >= 0.3 is 5.97 Å². The standard InChI is InChI=1S/C76H103N21O19S2/c1-8-38(4)61(87-41(7)99)75(116)95-56-35-118-117-34-55(73(114)97-62(40(6)98)64(78)105)94-67(108)49(19-14-26-82-76(79)80)88-70(111)53(29-46-32-81-36-85-46)90-65(106)39(5)86-58(101)33-84-66(107)52(28-45-31-83-48-18-13-12-17-47(45)48)91-71(112)54(30-59(102)103)92-68(109)50(24-25-57(77)100)89-69(110)51(93-74(115)60(37(2)3)96-72(56)113)27-42-20-22-44(23-21-42)63(104)43-15-10-9-11-16-43/h9-13,15-18,20-23,31-32,36-40,49-56,60-62,83,98H,8,14,19,24-30,33-35H2,1-7H3,(H2,77,100)(H2,78,105)(H,81,85)(H,84,107)(H,86,101)(H,87,99)(H,88,111)(H,89,110)(H,90,106)(H,91,112)(H,92,109)(H,93,115)(H,94,108)(H,95,116)(H,96,113)(H,97,114)(H,102,103)(H4,79,80,82)/t38-,39-,40+,49-,50-,51-,52-,53+,54+,55-,56-,60-,61-,62-/m0/s1. The third kappa shape index (κ3) is 30.0. The number of nitrogens with one attached hydrogen (secondary N) is 6. The molecular formula is C76H103N21O19S2. The maximum absolute atomic E-state index is 13.6. The number of rotatable bonds is 27. The molecule has 14 atom stereocenters. The average molecular weight is 1680 g/mol. The van der Waals surface area contributed by atoms with Gasteiger partial charge in [-0.15, -0.1) is 0 Å². The Balaban J connectivity index is 1.66. The van der Waals surface area contributed by atoms with E-state index in [-0.39, 0.29) is 43.6 Å². The number of carbonyl (C=O) groups is 2. The number of aliphatic imine (C=N–C) groups is 13.